The molecule has 1 heterocycles. The third-order valence-corrected chi connectivity index (χ3v) is 4.03. The Hall–Kier alpha value is -2.48. The molecule has 1 aliphatic heterocycles. The van der Waals surface area contributed by atoms with Gasteiger partial charge in [0.25, 0.3) is 0 Å². The SMILES string of the molecule is CCOC(=O)C1=C(C)NC(=S)N[C@@H]1c1ccc(OC)c(OC)c1OC. The summed E-state index contributed by atoms with van der Waals surface area (Å²) in [6.07, 6.45) is 0. The molecule has 1 aromatic rings. The predicted octanol–water partition coefficient (Wildman–Crippen LogP) is 2.07. The van der Waals surface area contributed by atoms with Gasteiger partial charge in [0.2, 0.25) is 5.75 Å². The fourth-order valence-corrected chi connectivity index (χ4v) is 3.03. The van der Waals surface area contributed by atoms with Crippen LogP contribution in [0.4, 0.5) is 0 Å². The van der Waals surface area contributed by atoms with Gasteiger partial charge in [0.15, 0.2) is 16.6 Å². The first-order chi connectivity index (χ1) is 12.0. The van der Waals surface area contributed by atoms with Crippen LogP contribution in [0.3, 0.4) is 0 Å². The maximum atomic E-state index is 12.5. The van der Waals surface area contributed by atoms with E-state index in [-0.39, 0.29) is 6.61 Å². The Balaban J connectivity index is 2.63. The van der Waals surface area contributed by atoms with Gasteiger partial charge in [-0.3, -0.25) is 0 Å². The van der Waals surface area contributed by atoms with Gasteiger partial charge in [0, 0.05) is 11.3 Å². The van der Waals surface area contributed by atoms with E-state index in [9.17, 15) is 4.79 Å². The monoisotopic (exact) mass is 366 g/mol. The highest BCUT2D eigenvalue weighted by molar-refractivity contribution is 7.80. The molecule has 0 aliphatic carbocycles. The molecule has 0 radical (unpaired) electrons. The van der Waals surface area contributed by atoms with Crippen LogP contribution < -0.4 is 24.8 Å². The zero-order valence-corrected chi connectivity index (χ0v) is 15.7. The molecule has 1 aromatic carbocycles. The van der Waals surface area contributed by atoms with Crippen molar-refractivity contribution >= 4 is 23.3 Å². The summed E-state index contributed by atoms with van der Waals surface area (Å²) in [6, 6.07) is 3.02. The second kappa shape index (κ2) is 8.06. The Morgan fingerprint density at radius 2 is 1.84 bits per heavy atom. The van der Waals surface area contributed by atoms with Crippen molar-refractivity contribution in [2.75, 3.05) is 27.9 Å². The topological polar surface area (TPSA) is 78.1 Å². The number of allylic oxidation sites excluding steroid dienone is 1. The molecule has 2 rings (SSSR count). The molecule has 0 spiro atoms. The first-order valence-electron chi connectivity index (χ1n) is 7.72. The predicted molar refractivity (Wildman–Crippen MR) is 97.0 cm³/mol. The van der Waals surface area contributed by atoms with Crippen LogP contribution >= 0.6 is 12.2 Å². The van der Waals surface area contributed by atoms with Crippen LogP contribution in [0, 0.1) is 0 Å². The Morgan fingerprint density at radius 3 is 2.40 bits per heavy atom. The van der Waals surface area contributed by atoms with Gasteiger partial charge < -0.3 is 29.6 Å². The lowest BCUT2D eigenvalue weighted by Crippen LogP contribution is -2.45. The van der Waals surface area contributed by atoms with Gasteiger partial charge in [0.1, 0.15) is 0 Å². The number of rotatable bonds is 6. The molecule has 0 unspecified atom stereocenters. The van der Waals surface area contributed by atoms with Gasteiger partial charge in [-0.05, 0) is 38.2 Å². The van der Waals surface area contributed by atoms with Crippen LogP contribution in [0.15, 0.2) is 23.4 Å². The maximum absolute atomic E-state index is 12.5. The van der Waals surface area contributed by atoms with Crippen molar-refractivity contribution in [3.8, 4) is 17.2 Å². The van der Waals surface area contributed by atoms with Crippen molar-refractivity contribution in [1.29, 1.82) is 0 Å². The van der Waals surface area contributed by atoms with Crippen LogP contribution in [-0.4, -0.2) is 39.0 Å². The summed E-state index contributed by atoms with van der Waals surface area (Å²) < 4.78 is 21.5. The van der Waals surface area contributed by atoms with E-state index in [0.29, 0.717) is 39.2 Å². The van der Waals surface area contributed by atoms with Gasteiger partial charge in [-0.2, -0.15) is 0 Å². The normalized spacial score (nSPS) is 16.7. The smallest absolute Gasteiger partial charge is 0.338 e. The quantitative estimate of drug-likeness (QED) is 0.585. The minimum Gasteiger partial charge on any atom is -0.493 e. The Kier molecular flexibility index (Phi) is 6.08. The number of benzene rings is 1. The average molecular weight is 366 g/mol. The van der Waals surface area contributed by atoms with E-state index < -0.39 is 12.0 Å². The first-order valence-corrected chi connectivity index (χ1v) is 8.13. The summed E-state index contributed by atoms with van der Waals surface area (Å²) in [5.74, 6) is 0.996. The summed E-state index contributed by atoms with van der Waals surface area (Å²) in [6.45, 7) is 3.81. The number of thiocarbonyl (C=S) groups is 1. The summed E-state index contributed by atoms with van der Waals surface area (Å²) in [5.41, 5.74) is 1.75. The van der Waals surface area contributed by atoms with Crippen molar-refractivity contribution in [1.82, 2.24) is 10.6 Å². The summed E-state index contributed by atoms with van der Waals surface area (Å²) in [5, 5.41) is 6.47. The summed E-state index contributed by atoms with van der Waals surface area (Å²) >= 11 is 5.25. The number of carbonyl (C=O) groups excluding carboxylic acids is 1. The second-order valence-electron chi connectivity index (χ2n) is 5.21. The zero-order valence-electron chi connectivity index (χ0n) is 14.9. The molecule has 8 heteroatoms. The number of carbonyl (C=O) groups is 1. The van der Waals surface area contributed by atoms with Crippen molar-refractivity contribution in [3.63, 3.8) is 0 Å². The largest absolute Gasteiger partial charge is 0.493 e. The van der Waals surface area contributed by atoms with Crippen LogP contribution in [0.1, 0.15) is 25.5 Å². The van der Waals surface area contributed by atoms with E-state index in [4.69, 9.17) is 31.2 Å². The summed E-state index contributed by atoms with van der Waals surface area (Å²) in [7, 11) is 4.60. The first kappa shape index (κ1) is 18.9. The second-order valence-corrected chi connectivity index (χ2v) is 5.62. The lowest BCUT2D eigenvalue weighted by atomic mass is 9.94. The van der Waals surface area contributed by atoms with Crippen LogP contribution in [0.5, 0.6) is 17.2 Å². The van der Waals surface area contributed by atoms with Gasteiger partial charge in [-0.1, -0.05) is 0 Å². The highest BCUT2D eigenvalue weighted by atomic mass is 32.1. The molecule has 0 saturated heterocycles. The molecule has 25 heavy (non-hydrogen) atoms. The van der Waals surface area contributed by atoms with Crippen molar-refractivity contribution in [2.24, 2.45) is 0 Å². The lowest BCUT2D eigenvalue weighted by molar-refractivity contribution is -0.139. The van der Waals surface area contributed by atoms with E-state index in [1.165, 1.54) is 14.2 Å². The number of hydrogen-bond donors (Lipinski definition) is 2. The molecule has 0 fully saturated rings. The van der Waals surface area contributed by atoms with Gasteiger partial charge >= 0.3 is 5.97 Å². The Bertz CT molecular complexity index is 717. The van der Waals surface area contributed by atoms with Gasteiger partial charge in [-0.15, -0.1) is 0 Å². The van der Waals surface area contributed by atoms with E-state index in [2.05, 4.69) is 10.6 Å². The molecule has 2 N–H and O–H groups in total. The molecular weight excluding hydrogens is 344 g/mol. The van der Waals surface area contributed by atoms with E-state index in [0.717, 1.165) is 0 Å². The highest BCUT2D eigenvalue weighted by Crippen LogP contribution is 2.44. The minimum atomic E-state index is -0.539. The van der Waals surface area contributed by atoms with Crippen molar-refractivity contribution < 1.29 is 23.7 Å². The Morgan fingerprint density at radius 1 is 1.16 bits per heavy atom. The van der Waals surface area contributed by atoms with E-state index in [1.807, 2.05) is 0 Å². The molecule has 0 aromatic heterocycles. The third kappa shape index (κ3) is 3.63. The van der Waals surface area contributed by atoms with E-state index in [1.54, 1.807) is 33.1 Å². The fourth-order valence-electron chi connectivity index (χ4n) is 2.76. The molecule has 0 bridgehead atoms. The molecule has 136 valence electrons. The number of methoxy groups -OCH3 is 3. The fraction of sp³-hybridized carbons (Fsp3) is 0.412. The molecule has 0 amide bonds. The molecular formula is C17H22N2O5S. The molecule has 0 saturated carbocycles. The standard InChI is InChI=1S/C17H22N2O5S/c1-6-24-16(20)12-9(2)18-17(25)19-13(12)10-7-8-11(21-3)15(23-5)14(10)22-4/h7-8,13H,6H2,1-5H3,(H2,18,19,25)/t13-/m1/s1. The minimum absolute atomic E-state index is 0.274. The van der Waals surface area contributed by atoms with Crippen LogP contribution in [0.2, 0.25) is 0 Å². The average Bonchev–Trinajstić information content (AvgIpc) is 2.59. The zero-order chi connectivity index (χ0) is 18.6. The lowest BCUT2D eigenvalue weighted by Gasteiger charge is -2.31. The van der Waals surface area contributed by atoms with Crippen molar-refractivity contribution in [3.05, 3.63) is 29.0 Å². The van der Waals surface area contributed by atoms with Crippen LogP contribution in [0.25, 0.3) is 0 Å². The Labute approximate surface area is 152 Å². The van der Waals surface area contributed by atoms with Crippen molar-refractivity contribution in [2.45, 2.75) is 19.9 Å². The van der Waals surface area contributed by atoms with Gasteiger partial charge in [0.05, 0.1) is 39.6 Å². The number of ether oxygens (including phenoxy) is 4. The summed E-state index contributed by atoms with van der Waals surface area (Å²) in [4.78, 5) is 12.5. The number of hydrogen-bond acceptors (Lipinski definition) is 6. The maximum Gasteiger partial charge on any atom is 0.338 e. The molecule has 7 nitrogen and oxygen atoms in total. The number of nitrogens with one attached hydrogen (secondary N) is 2. The highest BCUT2D eigenvalue weighted by Gasteiger charge is 2.34. The van der Waals surface area contributed by atoms with Crippen LogP contribution in [-0.2, 0) is 9.53 Å². The van der Waals surface area contributed by atoms with Gasteiger partial charge in [-0.25, -0.2) is 4.79 Å². The molecule has 1 atom stereocenters. The number of esters is 1. The molecule has 1 aliphatic rings. The van der Waals surface area contributed by atoms with E-state index >= 15 is 0 Å². The third-order valence-electron chi connectivity index (χ3n) is 3.81.